The summed E-state index contributed by atoms with van der Waals surface area (Å²) in [6.07, 6.45) is 18.1. The van der Waals surface area contributed by atoms with Crippen molar-refractivity contribution >= 4 is 0 Å². The summed E-state index contributed by atoms with van der Waals surface area (Å²) in [4.78, 5) is 0. The van der Waals surface area contributed by atoms with Crippen molar-refractivity contribution in [3.8, 4) is 0 Å². The highest BCUT2D eigenvalue weighted by molar-refractivity contribution is 4.90. The Morgan fingerprint density at radius 2 is 1.44 bits per heavy atom. The summed E-state index contributed by atoms with van der Waals surface area (Å²) in [5.74, 6) is 1.89. The molecule has 25 heavy (non-hydrogen) atoms. The van der Waals surface area contributed by atoms with Gasteiger partial charge in [-0.25, -0.2) is 0 Å². The van der Waals surface area contributed by atoms with Crippen molar-refractivity contribution in [2.45, 2.75) is 103 Å². The Kier molecular flexibility index (Phi) is 10.0. The SMILES string of the molecule is CCCCCC1CCC(CCCCC2CCC(C=C(F)F)CO2)CC1. The van der Waals surface area contributed by atoms with E-state index in [9.17, 15) is 8.78 Å². The van der Waals surface area contributed by atoms with Crippen LogP contribution < -0.4 is 0 Å². The van der Waals surface area contributed by atoms with E-state index >= 15 is 0 Å². The second-order valence-corrected chi connectivity index (χ2v) is 8.42. The molecule has 0 aromatic heterocycles. The van der Waals surface area contributed by atoms with Gasteiger partial charge in [-0.05, 0) is 37.2 Å². The summed E-state index contributed by atoms with van der Waals surface area (Å²) in [6.45, 7) is 2.76. The van der Waals surface area contributed by atoms with E-state index in [0.717, 1.165) is 37.2 Å². The largest absolute Gasteiger partial charge is 0.378 e. The van der Waals surface area contributed by atoms with Crippen molar-refractivity contribution in [2.24, 2.45) is 17.8 Å². The molecule has 0 radical (unpaired) electrons. The van der Waals surface area contributed by atoms with Gasteiger partial charge in [0.2, 0.25) is 0 Å². The quantitative estimate of drug-likeness (QED) is 0.368. The third kappa shape index (κ3) is 8.66. The number of rotatable bonds is 10. The van der Waals surface area contributed by atoms with Crippen LogP contribution in [0, 0.1) is 17.8 Å². The number of hydrogen-bond acceptors (Lipinski definition) is 1. The Morgan fingerprint density at radius 3 is 1.96 bits per heavy atom. The second kappa shape index (κ2) is 12.0. The minimum atomic E-state index is -1.56. The van der Waals surface area contributed by atoms with Gasteiger partial charge >= 0.3 is 0 Å². The summed E-state index contributed by atoms with van der Waals surface area (Å²) in [5.41, 5.74) is 0. The predicted octanol–water partition coefficient (Wildman–Crippen LogP) is 7.51. The first-order valence-electron chi connectivity index (χ1n) is 10.8. The zero-order valence-electron chi connectivity index (χ0n) is 16.2. The third-order valence-electron chi connectivity index (χ3n) is 6.34. The molecule has 2 rings (SSSR count). The minimum Gasteiger partial charge on any atom is -0.378 e. The van der Waals surface area contributed by atoms with Crippen molar-refractivity contribution in [3.63, 3.8) is 0 Å². The van der Waals surface area contributed by atoms with E-state index in [1.807, 2.05) is 0 Å². The predicted molar refractivity (Wildman–Crippen MR) is 101 cm³/mol. The summed E-state index contributed by atoms with van der Waals surface area (Å²) in [6, 6.07) is 0. The van der Waals surface area contributed by atoms with Gasteiger partial charge in [0, 0.05) is 5.92 Å². The maximum Gasteiger partial charge on any atom is 0.266 e. The topological polar surface area (TPSA) is 9.23 Å². The second-order valence-electron chi connectivity index (χ2n) is 8.42. The summed E-state index contributed by atoms with van der Waals surface area (Å²) >= 11 is 0. The first kappa shape index (κ1) is 20.9. The van der Waals surface area contributed by atoms with Crippen molar-refractivity contribution in [1.82, 2.24) is 0 Å². The molecule has 1 nitrogen and oxygen atoms in total. The van der Waals surface area contributed by atoms with Crippen LogP contribution in [-0.4, -0.2) is 12.7 Å². The van der Waals surface area contributed by atoms with Gasteiger partial charge in [-0.15, -0.1) is 0 Å². The standard InChI is InChI=1S/C22H38F2O/c1-2-3-4-7-18-10-12-19(13-11-18)8-5-6-9-21-15-14-20(17-25-21)16-22(23)24/h16,18-21H,2-15,17H2,1H3. The van der Waals surface area contributed by atoms with Crippen molar-refractivity contribution in [2.75, 3.05) is 6.61 Å². The number of ether oxygens (including phenoxy) is 1. The molecule has 2 atom stereocenters. The van der Waals surface area contributed by atoms with E-state index in [1.165, 1.54) is 70.6 Å². The van der Waals surface area contributed by atoms with E-state index in [4.69, 9.17) is 4.74 Å². The molecule has 3 heteroatoms. The van der Waals surface area contributed by atoms with Crippen molar-refractivity contribution in [1.29, 1.82) is 0 Å². The van der Waals surface area contributed by atoms with Gasteiger partial charge < -0.3 is 4.74 Å². The van der Waals surface area contributed by atoms with Crippen LogP contribution >= 0.6 is 0 Å². The number of unbranched alkanes of at least 4 members (excludes halogenated alkanes) is 3. The molecule has 1 aliphatic heterocycles. The maximum atomic E-state index is 12.2. The van der Waals surface area contributed by atoms with Gasteiger partial charge in [0.25, 0.3) is 6.08 Å². The van der Waals surface area contributed by atoms with Crippen LogP contribution in [0.2, 0.25) is 0 Å². The molecule has 0 amide bonds. The molecule has 0 aromatic rings. The first-order chi connectivity index (χ1) is 12.2. The van der Waals surface area contributed by atoms with Gasteiger partial charge in [0.1, 0.15) is 0 Å². The van der Waals surface area contributed by atoms with Crippen LogP contribution in [0.3, 0.4) is 0 Å². The number of halogens is 2. The normalized spacial score (nSPS) is 30.2. The Hall–Kier alpha value is -0.440. The van der Waals surface area contributed by atoms with Crippen molar-refractivity contribution < 1.29 is 13.5 Å². The van der Waals surface area contributed by atoms with E-state index in [1.54, 1.807) is 0 Å². The number of hydrogen-bond donors (Lipinski definition) is 0. The molecular formula is C22H38F2O. The molecule has 2 unspecified atom stereocenters. The fourth-order valence-electron chi connectivity index (χ4n) is 4.66. The lowest BCUT2D eigenvalue weighted by atomic mass is 9.78. The summed E-state index contributed by atoms with van der Waals surface area (Å²) in [7, 11) is 0. The van der Waals surface area contributed by atoms with E-state index < -0.39 is 6.08 Å². The Bertz CT molecular complexity index is 362. The van der Waals surface area contributed by atoms with Crippen LogP contribution in [0.5, 0.6) is 0 Å². The molecule has 2 aliphatic rings. The lowest BCUT2D eigenvalue weighted by Gasteiger charge is -2.29. The van der Waals surface area contributed by atoms with E-state index in [0.29, 0.717) is 12.7 Å². The summed E-state index contributed by atoms with van der Waals surface area (Å²) < 4.78 is 30.3. The average Bonchev–Trinajstić information content (AvgIpc) is 2.61. The average molecular weight is 357 g/mol. The monoisotopic (exact) mass is 356 g/mol. The molecule has 0 spiro atoms. The minimum absolute atomic E-state index is 0.0752. The fraction of sp³-hybridized carbons (Fsp3) is 0.909. The molecule has 2 fully saturated rings. The van der Waals surface area contributed by atoms with Gasteiger partial charge in [-0.3, -0.25) is 0 Å². The van der Waals surface area contributed by atoms with Gasteiger partial charge in [-0.2, -0.15) is 8.78 Å². The van der Waals surface area contributed by atoms with Crippen LogP contribution in [0.1, 0.15) is 96.8 Å². The molecular weight excluding hydrogens is 318 g/mol. The highest BCUT2D eigenvalue weighted by Gasteiger charge is 2.22. The molecule has 1 saturated heterocycles. The van der Waals surface area contributed by atoms with Gasteiger partial charge in [-0.1, -0.05) is 77.6 Å². The van der Waals surface area contributed by atoms with Crippen LogP contribution in [0.4, 0.5) is 8.78 Å². The zero-order chi connectivity index (χ0) is 17.9. The maximum absolute atomic E-state index is 12.2. The molecule has 146 valence electrons. The van der Waals surface area contributed by atoms with Crippen molar-refractivity contribution in [3.05, 3.63) is 12.2 Å². The smallest absolute Gasteiger partial charge is 0.266 e. The Morgan fingerprint density at radius 1 is 0.840 bits per heavy atom. The van der Waals surface area contributed by atoms with Gasteiger partial charge in [0.05, 0.1) is 12.7 Å². The third-order valence-corrected chi connectivity index (χ3v) is 6.34. The fourth-order valence-corrected chi connectivity index (χ4v) is 4.66. The lowest BCUT2D eigenvalue weighted by molar-refractivity contribution is -0.0103. The van der Waals surface area contributed by atoms with Crippen LogP contribution in [-0.2, 0) is 4.74 Å². The Balaban J connectivity index is 1.47. The summed E-state index contributed by atoms with van der Waals surface area (Å²) in [5, 5.41) is 0. The molecule has 1 saturated carbocycles. The van der Waals surface area contributed by atoms with Crippen LogP contribution in [0.25, 0.3) is 0 Å². The molecule has 1 aliphatic carbocycles. The highest BCUT2D eigenvalue weighted by Crippen LogP contribution is 2.35. The molecule has 0 aromatic carbocycles. The van der Waals surface area contributed by atoms with Gasteiger partial charge in [0.15, 0.2) is 0 Å². The molecule has 0 bridgehead atoms. The molecule has 0 N–H and O–H groups in total. The Labute approximate surface area is 153 Å². The first-order valence-corrected chi connectivity index (χ1v) is 10.8. The highest BCUT2D eigenvalue weighted by atomic mass is 19.3. The van der Waals surface area contributed by atoms with Crippen LogP contribution in [0.15, 0.2) is 12.2 Å². The lowest BCUT2D eigenvalue weighted by Crippen LogP contribution is -2.25. The molecule has 1 heterocycles. The zero-order valence-corrected chi connectivity index (χ0v) is 16.2. The van der Waals surface area contributed by atoms with E-state index in [-0.39, 0.29) is 5.92 Å². The van der Waals surface area contributed by atoms with E-state index in [2.05, 4.69) is 6.92 Å².